The smallest absolute Gasteiger partial charge is 0.309 e. The molecule has 0 amide bonds. The summed E-state index contributed by atoms with van der Waals surface area (Å²) in [4.78, 5) is 12.2. The van der Waals surface area contributed by atoms with Gasteiger partial charge in [-0.3, -0.25) is 4.79 Å². The minimum atomic E-state index is -0.814. The van der Waals surface area contributed by atoms with E-state index in [2.05, 4.69) is 6.92 Å². The maximum Gasteiger partial charge on any atom is 0.309 e. The third kappa shape index (κ3) is 4.96. The standard InChI is InChI=1S/C27H34O6/c1-5-13-31-19-10-12-24-20(15-19)25-22(27(2,3)33-24)16-21(26(28)29)23(32-25)11-9-17-7-6-8-18(14-17)30-4/h6-8,10,12,14-15,21-23,25H,5,9,11,13,16H2,1-4H3,(H,28,29)/t21-,22-,23-,25+/m0/s1. The van der Waals surface area contributed by atoms with Crippen LogP contribution in [0.15, 0.2) is 42.5 Å². The molecule has 1 fully saturated rings. The summed E-state index contributed by atoms with van der Waals surface area (Å²) in [7, 11) is 1.65. The summed E-state index contributed by atoms with van der Waals surface area (Å²) in [6.45, 7) is 6.76. The molecule has 2 aromatic rings. The Kier molecular flexibility index (Phi) is 6.84. The van der Waals surface area contributed by atoms with Gasteiger partial charge < -0.3 is 24.1 Å². The molecule has 0 bridgehead atoms. The van der Waals surface area contributed by atoms with Gasteiger partial charge in [0.2, 0.25) is 0 Å². The summed E-state index contributed by atoms with van der Waals surface area (Å²) >= 11 is 0. The van der Waals surface area contributed by atoms with Gasteiger partial charge in [-0.1, -0.05) is 19.1 Å². The quantitative estimate of drug-likeness (QED) is 0.573. The van der Waals surface area contributed by atoms with E-state index in [0.717, 1.165) is 41.2 Å². The van der Waals surface area contributed by atoms with Crippen molar-refractivity contribution in [2.75, 3.05) is 13.7 Å². The Morgan fingerprint density at radius 3 is 2.73 bits per heavy atom. The van der Waals surface area contributed by atoms with E-state index in [1.807, 2.05) is 56.3 Å². The first-order chi connectivity index (χ1) is 15.8. The third-order valence-corrected chi connectivity index (χ3v) is 6.84. The van der Waals surface area contributed by atoms with Gasteiger partial charge in [-0.05, 0) is 75.4 Å². The number of aliphatic carboxylic acids is 1. The zero-order valence-electron chi connectivity index (χ0n) is 19.9. The second kappa shape index (κ2) is 9.64. The van der Waals surface area contributed by atoms with Crippen LogP contribution >= 0.6 is 0 Å². The van der Waals surface area contributed by atoms with E-state index >= 15 is 0 Å². The van der Waals surface area contributed by atoms with Crippen LogP contribution in [0.25, 0.3) is 0 Å². The summed E-state index contributed by atoms with van der Waals surface area (Å²) in [5, 5.41) is 10.0. The molecule has 0 saturated carbocycles. The highest BCUT2D eigenvalue weighted by molar-refractivity contribution is 5.71. The van der Waals surface area contributed by atoms with Gasteiger partial charge in [0.05, 0.1) is 31.8 Å². The number of methoxy groups -OCH3 is 1. The lowest BCUT2D eigenvalue weighted by atomic mass is 9.71. The minimum absolute atomic E-state index is 0.0689. The van der Waals surface area contributed by atoms with Crippen molar-refractivity contribution in [2.45, 2.75) is 64.3 Å². The number of benzene rings is 2. The highest BCUT2D eigenvalue weighted by atomic mass is 16.5. The van der Waals surface area contributed by atoms with Gasteiger partial charge in [-0.2, -0.15) is 0 Å². The number of carboxylic acid groups (broad SMARTS) is 1. The fourth-order valence-electron chi connectivity index (χ4n) is 5.04. The molecule has 1 saturated heterocycles. The SMILES string of the molecule is CCCOc1ccc2c(c1)[C@H]1O[C@@H](CCc3cccc(OC)c3)[C@@H](C(=O)O)C[C@@H]1C(C)(C)O2. The van der Waals surface area contributed by atoms with Crippen LogP contribution in [0.2, 0.25) is 0 Å². The van der Waals surface area contributed by atoms with Crippen molar-refractivity contribution in [1.82, 2.24) is 0 Å². The Bertz CT molecular complexity index is 984. The van der Waals surface area contributed by atoms with Gasteiger partial charge in [-0.15, -0.1) is 0 Å². The van der Waals surface area contributed by atoms with E-state index in [1.165, 1.54) is 0 Å². The van der Waals surface area contributed by atoms with Crippen molar-refractivity contribution in [3.63, 3.8) is 0 Å². The lowest BCUT2D eigenvalue weighted by molar-refractivity contribution is -0.188. The van der Waals surface area contributed by atoms with Crippen molar-refractivity contribution < 1.29 is 28.8 Å². The number of hydrogen-bond acceptors (Lipinski definition) is 5. The molecule has 0 spiro atoms. The Balaban J connectivity index is 1.60. The van der Waals surface area contributed by atoms with Crippen LogP contribution < -0.4 is 14.2 Å². The zero-order valence-corrected chi connectivity index (χ0v) is 19.9. The predicted octanol–water partition coefficient (Wildman–Crippen LogP) is 5.43. The molecule has 2 aromatic carbocycles. The number of hydrogen-bond donors (Lipinski definition) is 1. The van der Waals surface area contributed by atoms with Gasteiger partial charge in [0.1, 0.15) is 22.8 Å². The summed E-state index contributed by atoms with van der Waals surface area (Å²) in [6.07, 6.45) is 2.15. The largest absolute Gasteiger partial charge is 0.497 e. The fraction of sp³-hybridized carbons (Fsp3) is 0.519. The van der Waals surface area contributed by atoms with Crippen LogP contribution in [0.5, 0.6) is 17.2 Å². The molecule has 178 valence electrons. The summed E-state index contributed by atoms with van der Waals surface area (Å²) in [5.41, 5.74) is 1.52. The van der Waals surface area contributed by atoms with Gasteiger partial charge >= 0.3 is 5.97 Å². The maximum absolute atomic E-state index is 12.2. The first-order valence-corrected chi connectivity index (χ1v) is 11.8. The lowest BCUT2D eigenvalue weighted by Crippen LogP contribution is -2.52. The Morgan fingerprint density at radius 1 is 1.18 bits per heavy atom. The molecule has 33 heavy (non-hydrogen) atoms. The Hall–Kier alpha value is -2.73. The molecule has 0 aliphatic carbocycles. The van der Waals surface area contributed by atoms with Crippen molar-refractivity contribution in [1.29, 1.82) is 0 Å². The van der Waals surface area contributed by atoms with Gasteiger partial charge in [-0.25, -0.2) is 0 Å². The Labute approximate surface area is 195 Å². The molecule has 6 heteroatoms. The molecular formula is C27H34O6. The number of aryl methyl sites for hydroxylation is 1. The number of carboxylic acids is 1. The minimum Gasteiger partial charge on any atom is -0.497 e. The average molecular weight is 455 g/mol. The van der Waals surface area contributed by atoms with Crippen LogP contribution in [0.3, 0.4) is 0 Å². The maximum atomic E-state index is 12.2. The second-order valence-corrected chi connectivity index (χ2v) is 9.53. The number of carbonyl (C=O) groups is 1. The van der Waals surface area contributed by atoms with E-state index in [4.69, 9.17) is 18.9 Å². The predicted molar refractivity (Wildman–Crippen MR) is 125 cm³/mol. The van der Waals surface area contributed by atoms with Crippen LogP contribution in [-0.2, 0) is 16.0 Å². The van der Waals surface area contributed by atoms with E-state index in [9.17, 15) is 9.90 Å². The molecular weight excluding hydrogens is 420 g/mol. The van der Waals surface area contributed by atoms with E-state index in [1.54, 1.807) is 7.11 Å². The molecule has 2 aliphatic heterocycles. The number of fused-ring (bicyclic) bond motifs is 3. The molecule has 2 heterocycles. The lowest BCUT2D eigenvalue weighted by Gasteiger charge is -2.50. The molecule has 4 rings (SSSR count). The van der Waals surface area contributed by atoms with E-state index < -0.39 is 23.6 Å². The summed E-state index contributed by atoms with van der Waals surface area (Å²) in [5.74, 6) is 0.902. The number of ether oxygens (including phenoxy) is 4. The molecule has 6 nitrogen and oxygen atoms in total. The van der Waals surface area contributed by atoms with Crippen LogP contribution in [0, 0.1) is 11.8 Å². The van der Waals surface area contributed by atoms with E-state index in [0.29, 0.717) is 19.4 Å². The fourth-order valence-corrected chi connectivity index (χ4v) is 5.04. The highest BCUT2D eigenvalue weighted by Gasteiger charge is 2.52. The molecule has 0 radical (unpaired) electrons. The highest BCUT2D eigenvalue weighted by Crippen LogP contribution is 2.53. The monoisotopic (exact) mass is 454 g/mol. The van der Waals surface area contributed by atoms with Crippen LogP contribution in [-0.4, -0.2) is 36.5 Å². The van der Waals surface area contributed by atoms with Gasteiger partial charge in [0.25, 0.3) is 0 Å². The summed E-state index contributed by atoms with van der Waals surface area (Å²) in [6, 6.07) is 13.8. The van der Waals surface area contributed by atoms with Crippen molar-refractivity contribution in [3.8, 4) is 17.2 Å². The molecule has 1 N–H and O–H groups in total. The topological polar surface area (TPSA) is 74.2 Å². The van der Waals surface area contributed by atoms with Gasteiger partial charge in [0, 0.05) is 11.5 Å². The third-order valence-electron chi connectivity index (χ3n) is 6.84. The normalized spacial score (nSPS) is 25.3. The average Bonchev–Trinajstić information content (AvgIpc) is 2.81. The molecule has 4 atom stereocenters. The Morgan fingerprint density at radius 2 is 2.00 bits per heavy atom. The first-order valence-electron chi connectivity index (χ1n) is 11.8. The van der Waals surface area contributed by atoms with Crippen molar-refractivity contribution in [2.24, 2.45) is 11.8 Å². The van der Waals surface area contributed by atoms with Gasteiger partial charge in [0.15, 0.2) is 0 Å². The van der Waals surface area contributed by atoms with E-state index in [-0.39, 0.29) is 12.0 Å². The van der Waals surface area contributed by atoms with Crippen LogP contribution in [0.4, 0.5) is 0 Å². The summed E-state index contributed by atoms with van der Waals surface area (Å²) < 4.78 is 24.1. The molecule has 2 aliphatic rings. The zero-order chi connectivity index (χ0) is 23.6. The molecule has 0 unspecified atom stereocenters. The van der Waals surface area contributed by atoms with Crippen LogP contribution in [0.1, 0.15) is 57.3 Å². The molecule has 0 aromatic heterocycles. The van der Waals surface area contributed by atoms with Crippen molar-refractivity contribution >= 4 is 5.97 Å². The first kappa shape index (κ1) is 23.4. The van der Waals surface area contributed by atoms with Crippen molar-refractivity contribution in [3.05, 3.63) is 53.6 Å². The second-order valence-electron chi connectivity index (χ2n) is 9.53. The number of rotatable bonds is 8.